The second-order valence-corrected chi connectivity index (χ2v) is 5.96. The van der Waals surface area contributed by atoms with Gasteiger partial charge in [0.15, 0.2) is 5.96 Å². The normalized spacial score (nSPS) is 11.9. The Labute approximate surface area is 146 Å². The van der Waals surface area contributed by atoms with Crippen LogP contribution in [0, 0.1) is 12.7 Å². The first-order valence-electron chi connectivity index (χ1n) is 8.35. The first-order chi connectivity index (χ1) is 12.2. The van der Waals surface area contributed by atoms with Crippen molar-refractivity contribution in [3.63, 3.8) is 0 Å². The van der Waals surface area contributed by atoms with E-state index in [4.69, 9.17) is 0 Å². The zero-order valence-corrected chi connectivity index (χ0v) is 14.5. The number of hydrogen-bond donors (Lipinski definition) is 3. The van der Waals surface area contributed by atoms with Crippen LogP contribution in [0.3, 0.4) is 0 Å². The number of aromatic amines is 1. The average molecular weight is 342 g/mol. The number of aromatic nitrogens is 3. The minimum atomic E-state index is -0.215. The fourth-order valence-electron chi connectivity index (χ4n) is 2.77. The molecule has 0 aliphatic rings. The molecule has 2 aromatic heterocycles. The molecule has 0 aliphatic heterocycles. The maximum Gasteiger partial charge on any atom is 0.191 e. The number of fused-ring (bicyclic) bond motifs is 1. The van der Waals surface area contributed by atoms with E-state index in [1.807, 2.05) is 30.2 Å². The minimum absolute atomic E-state index is 0.215. The summed E-state index contributed by atoms with van der Waals surface area (Å²) in [5.74, 6) is 0.530. The summed E-state index contributed by atoms with van der Waals surface area (Å²) in [6.45, 7) is 4.24. The van der Waals surface area contributed by atoms with Crippen LogP contribution in [0.2, 0.25) is 0 Å². The lowest BCUT2D eigenvalue weighted by molar-refractivity contribution is 0.597. The Morgan fingerprint density at radius 2 is 2.16 bits per heavy atom. The Balaban J connectivity index is 1.47. The van der Waals surface area contributed by atoms with Gasteiger partial charge in [0.1, 0.15) is 5.82 Å². The van der Waals surface area contributed by atoms with Crippen molar-refractivity contribution in [3.05, 3.63) is 53.7 Å². The van der Waals surface area contributed by atoms with Crippen LogP contribution in [0.1, 0.15) is 11.1 Å². The molecule has 3 aromatic rings. The summed E-state index contributed by atoms with van der Waals surface area (Å²) in [6, 6.07) is 4.80. The molecule has 132 valence electrons. The van der Waals surface area contributed by atoms with Crippen LogP contribution in [-0.4, -0.2) is 40.9 Å². The number of nitrogens with one attached hydrogen (secondary N) is 3. The van der Waals surface area contributed by atoms with Crippen molar-refractivity contribution >= 4 is 16.9 Å². The van der Waals surface area contributed by atoms with Gasteiger partial charge in [-0.25, -0.2) is 4.39 Å². The van der Waals surface area contributed by atoms with E-state index in [1.54, 1.807) is 19.2 Å². The van der Waals surface area contributed by atoms with E-state index < -0.39 is 0 Å². The maximum atomic E-state index is 13.4. The molecular formula is C18H23FN6. The third-order valence-corrected chi connectivity index (χ3v) is 4.04. The van der Waals surface area contributed by atoms with E-state index in [1.165, 1.54) is 6.07 Å². The molecule has 0 atom stereocenters. The molecule has 0 aliphatic carbocycles. The molecular weight excluding hydrogens is 319 g/mol. The summed E-state index contributed by atoms with van der Waals surface area (Å²) in [5, 5.41) is 11.7. The summed E-state index contributed by atoms with van der Waals surface area (Å²) < 4.78 is 15.3. The lowest BCUT2D eigenvalue weighted by atomic mass is 10.1. The number of aryl methyl sites for hydroxylation is 1. The van der Waals surface area contributed by atoms with Crippen LogP contribution in [0.4, 0.5) is 4.39 Å². The molecule has 25 heavy (non-hydrogen) atoms. The van der Waals surface area contributed by atoms with Gasteiger partial charge in [-0.15, -0.1) is 0 Å². The second kappa shape index (κ2) is 7.83. The summed E-state index contributed by atoms with van der Waals surface area (Å²) >= 11 is 0. The Kier molecular flexibility index (Phi) is 5.33. The van der Waals surface area contributed by atoms with Gasteiger partial charge in [0.05, 0.1) is 12.7 Å². The molecule has 0 saturated heterocycles. The van der Waals surface area contributed by atoms with Crippen LogP contribution < -0.4 is 10.6 Å². The summed E-state index contributed by atoms with van der Waals surface area (Å²) in [5.41, 5.74) is 3.19. The van der Waals surface area contributed by atoms with Crippen molar-refractivity contribution in [3.8, 4) is 0 Å². The highest BCUT2D eigenvalue weighted by molar-refractivity contribution is 5.83. The Morgan fingerprint density at radius 1 is 1.32 bits per heavy atom. The summed E-state index contributed by atoms with van der Waals surface area (Å²) in [7, 11) is 1.74. The maximum absolute atomic E-state index is 13.4. The average Bonchev–Trinajstić information content (AvgIpc) is 3.19. The molecule has 0 amide bonds. The molecule has 6 nitrogen and oxygen atoms in total. The summed E-state index contributed by atoms with van der Waals surface area (Å²) in [6.07, 6.45) is 6.57. The SMILES string of the molecule is CN=C(NCCc1c[nH]c2ccc(F)cc12)NCCn1cc(C)cn1. The van der Waals surface area contributed by atoms with Gasteiger partial charge in [-0.3, -0.25) is 9.67 Å². The highest BCUT2D eigenvalue weighted by atomic mass is 19.1. The largest absolute Gasteiger partial charge is 0.361 e. The number of rotatable bonds is 6. The van der Waals surface area contributed by atoms with Crippen LogP contribution in [0.15, 0.2) is 41.8 Å². The van der Waals surface area contributed by atoms with Crippen LogP contribution >= 0.6 is 0 Å². The third-order valence-electron chi connectivity index (χ3n) is 4.04. The molecule has 0 bridgehead atoms. The number of aliphatic imine (C=N–C) groups is 1. The van der Waals surface area contributed by atoms with Crippen LogP contribution in [-0.2, 0) is 13.0 Å². The van der Waals surface area contributed by atoms with Crippen molar-refractivity contribution in [2.75, 3.05) is 20.1 Å². The Morgan fingerprint density at radius 3 is 2.92 bits per heavy atom. The highest BCUT2D eigenvalue weighted by Crippen LogP contribution is 2.19. The predicted octanol–water partition coefficient (Wildman–Crippen LogP) is 2.22. The molecule has 7 heteroatoms. The highest BCUT2D eigenvalue weighted by Gasteiger charge is 2.05. The van der Waals surface area contributed by atoms with Crippen molar-refractivity contribution in [1.82, 2.24) is 25.4 Å². The topological polar surface area (TPSA) is 70.0 Å². The van der Waals surface area contributed by atoms with E-state index in [-0.39, 0.29) is 5.82 Å². The molecule has 1 aromatic carbocycles. The van der Waals surface area contributed by atoms with Gasteiger partial charge >= 0.3 is 0 Å². The molecule has 0 fully saturated rings. The van der Waals surface area contributed by atoms with Crippen molar-refractivity contribution in [2.24, 2.45) is 4.99 Å². The molecule has 3 N–H and O–H groups in total. The van der Waals surface area contributed by atoms with Crippen LogP contribution in [0.5, 0.6) is 0 Å². The van der Waals surface area contributed by atoms with Crippen molar-refractivity contribution < 1.29 is 4.39 Å². The lowest BCUT2D eigenvalue weighted by Gasteiger charge is -2.11. The van der Waals surface area contributed by atoms with E-state index >= 15 is 0 Å². The zero-order valence-electron chi connectivity index (χ0n) is 14.5. The monoisotopic (exact) mass is 342 g/mol. The Hall–Kier alpha value is -2.83. The molecule has 2 heterocycles. The van der Waals surface area contributed by atoms with Crippen molar-refractivity contribution in [2.45, 2.75) is 19.9 Å². The first kappa shape index (κ1) is 17.0. The van der Waals surface area contributed by atoms with Gasteiger partial charge in [-0.05, 0) is 42.7 Å². The molecule has 0 radical (unpaired) electrons. The van der Waals surface area contributed by atoms with Gasteiger partial charge in [0, 0.05) is 43.4 Å². The fraction of sp³-hybridized carbons (Fsp3) is 0.333. The quantitative estimate of drug-likeness (QED) is 0.475. The van der Waals surface area contributed by atoms with Gasteiger partial charge in [0.2, 0.25) is 0 Å². The van der Waals surface area contributed by atoms with Gasteiger partial charge in [-0.2, -0.15) is 5.10 Å². The standard InChI is InChI=1S/C18H23FN6/c1-13-10-24-25(12-13)8-7-22-18(20-2)21-6-5-14-11-23-17-4-3-15(19)9-16(14)17/h3-4,9-12,23H,5-8H2,1-2H3,(H2,20,21,22). The molecule has 3 rings (SSSR count). The predicted molar refractivity (Wildman–Crippen MR) is 98.3 cm³/mol. The minimum Gasteiger partial charge on any atom is -0.361 e. The van der Waals surface area contributed by atoms with Gasteiger partial charge < -0.3 is 15.6 Å². The summed E-state index contributed by atoms with van der Waals surface area (Å²) in [4.78, 5) is 7.39. The van der Waals surface area contributed by atoms with E-state index in [0.29, 0.717) is 6.54 Å². The second-order valence-electron chi connectivity index (χ2n) is 5.96. The number of hydrogen-bond acceptors (Lipinski definition) is 2. The first-order valence-corrected chi connectivity index (χ1v) is 8.35. The number of H-pyrrole nitrogens is 1. The molecule has 0 saturated carbocycles. The molecule has 0 spiro atoms. The lowest BCUT2D eigenvalue weighted by Crippen LogP contribution is -2.39. The third kappa shape index (κ3) is 4.37. The number of halogens is 1. The van der Waals surface area contributed by atoms with Crippen LogP contribution in [0.25, 0.3) is 10.9 Å². The smallest absolute Gasteiger partial charge is 0.191 e. The van der Waals surface area contributed by atoms with Gasteiger partial charge in [0.25, 0.3) is 0 Å². The molecule has 0 unspecified atom stereocenters. The number of nitrogens with zero attached hydrogens (tertiary/aromatic N) is 3. The fourth-order valence-corrected chi connectivity index (χ4v) is 2.77. The zero-order chi connectivity index (χ0) is 17.6. The van der Waals surface area contributed by atoms with E-state index in [9.17, 15) is 4.39 Å². The van der Waals surface area contributed by atoms with E-state index in [2.05, 4.69) is 25.7 Å². The van der Waals surface area contributed by atoms with Crippen molar-refractivity contribution in [1.29, 1.82) is 0 Å². The Bertz CT molecular complexity index is 863. The van der Waals surface area contributed by atoms with E-state index in [0.717, 1.165) is 47.5 Å². The number of guanidine groups is 1. The van der Waals surface area contributed by atoms with Gasteiger partial charge in [-0.1, -0.05) is 0 Å². The number of benzene rings is 1.